The number of hydrogen-bond acceptors (Lipinski definition) is 6. The highest BCUT2D eigenvalue weighted by atomic mass is 19.4. The van der Waals surface area contributed by atoms with Crippen molar-refractivity contribution in [2.75, 3.05) is 14.2 Å². The third-order valence-corrected chi connectivity index (χ3v) is 5.09. The van der Waals surface area contributed by atoms with Gasteiger partial charge in [-0.2, -0.15) is 17.6 Å². The van der Waals surface area contributed by atoms with Crippen molar-refractivity contribution in [1.29, 1.82) is 0 Å². The number of halogens is 6. The summed E-state index contributed by atoms with van der Waals surface area (Å²) in [6, 6.07) is 3.47. The van der Waals surface area contributed by atoms with Crippen LogP contribution in [0.4, 0.5) is 26.3 Å². The third-order valence-electron chi connectivity index (χ3n) is 5.09. The highest BCUT2D eigenvalue weighted by Gasteiger charge is 2.36. The van der Waals surface area contributed by atoms with Crippen LogP contribution in [0.25, 0.3) is 22.5 Å². The summed E-state index contributed by atoms with van der Waals surface area (Å²) in [6.07, 6.45) is -3.01. The van der Waals surface area contributed by atoms with Crippen LogP contribution in [-0.2, 0) is 6.18 Å². The highest BCUT2D eigenvalue weighted by molar-refractivity contribution is 5.78. The van der Waals surface area contributed by atoms with E-state index in [0.29, 0.717) is 16.9 Å². The fourth-order valence-corrected chi connectivity index (χ4v) is 3.47. The molecule has 2 aliphatic heterocycles. The van der Waals surface area contributed by atoms with Crippen LogP contribution >= 0.6 is 0 Å². The van der Waals surface area contributed by atoms with Crippen LogP contribution in [-0.4, -0.2) is 29.1 Å². The monoisotopic (exact) mass is 512 g/mol. The average Bonchev–Trinajstić information content (AvgIpc) is 2.82. The summed E-state index contributed by atoms with van der Waals surface area (Å²) in [5.74, 6) is -7.05. The van der Waals surface area contributed by atoms with Gasteiger partial charge in [-0.05, 0) is 30.3 Å². The molecule has 0 unspecified atom stereocenters. The minimum atomic E-state index is -5.15. The van der Waals surface area contributed by atoms with E-state index in [0.717, 1.165) is 32.7 Å². The Bertz CT molecular complexity index is 1500. The Morgan fingerprint density at radius 2 is 1.61 bits per heavy atom. The molecule has 2 aliphatic rings. The van der Waals surface area contributed by atoms with Gasteiger partial charge in [-0.3, -0.25) is 4.79 Å². The number of aromatic nitrogens is 2. The van der Waals surface area contributed by atoms with E-state index < -0.39 is 68.9 Å². The second-order valence-electron chi connectivity index (χ2n) is 7.27. The number of hydrogen-bond donors (Lipinski definition) is 1. The number of rotatable bonds is 5. The molecule has 2 heterocycles. The molecule has 0 amide bonds. The van der Waals surface area contributed by atoms with Gasteiger partial charge in [0.2, 0.25) is 17.0 Å². The van der Waals surface area contributed by atoms with Crippen LogP contribution in [0.1, 0.15) is 5.56 Å². The normalized spacial score (nSPS) is 11.6. The first-order valence-electron chi connectivity index (χ1n) is 9.86. The van der Waals surface area contributed by atoms with Crippen molar-refractivity contribution >= 4 is 0 Å². The van der Waals surface area contributed by atoms with Crippen LogP contribution in [0.2, 0.25) is 0 Å². The predicted molar refractivity (Wildman–Crippen MR) is 112 cm³/mol. The largest absolute Gasteiger partial charge is 0.491 e. The van der Waals surface area contributed by atoms with Crippen LogP contribution in [0, 0.1) is 17.5 Å². The molecule has 0 fully saturated rings. The molecule has 0 radical (unpaired) electrons. The topological polar surface area (TPSA) is 82.8 Å². The fraction of sp³-hybridized carbons (Fsp3) is 0.130. The lowest BCUT2D eigenvalue weighted by Gasteiger charge is -2.19. The standard InChI is InChI=1S/C23H14F6N2O5/c1-34-21-16(4-3-13(24)18(21)26)36-17-8-12(23(27,28)29)14(25)7-10(17)19-22(35-2)20(32)11-9-31(33)6-5-15(11)30-19/h3-9,33H,1-2H3. The van der Waals surface area contributed by atoms with Crippen molar-refractivity contribution in [2.45, 2.75) is 6.18 Å². The Morgan fingerprint density at radius 1 is 0.917 bits per heavy atom. The van der Waals surface area contributed by atoms with Crippen LogP contribution < -0.4 is 19.6 Å². The molecule has 0 saturated carbocycles. The van der Waals surface area contributed by atoms with Gasteiger partial charge in [0.15, 0.2) is 17.3 Å². The van der Waals surface area contributed by atoms with E-state index in [1.165, 1.54) is 6.07 Å². The van der Waals surface area contributed by atoms with Gasteiger partial charge in [-0.15, -0.1) is 0 Å². The van der Waals surface area contributed by atoms with Crippen molar-refractivity contribution in [3.05, 3.63) is 76.0 Å². The first-order valence-corrected chi connectivity index (χ1v) is 9.86. The molecule has 0 spiro atoms. The molecule has 36 heavy (non-hydrogen) atoms. The molecule has 4 rings (SSSR count). The number of ether oxygens (including phenoxy) is 3. The van der Waals surface area contributed by atoms with Crippen molar-refractivity contribution in [2.24, 2.45) is 0 Å². The second kappa shape index (κ2) is 8.98. The van der Waals surface area contributed by atoms with Gasteiger partial charge < -0.3 is 19.4 Å². The maximum absolute atomic E-state index is 14.6. The van der Waals surface area contributed by atoms with Gasteiger partial charge in [0, 0.05) is 11.8 Å². The molecule has 188 valence electrons. The molecule has 0 aliphatic carbocycles. The van der Waals surface area contributed by atoms with Gasteiger partial charge >= 0.3 is 6.18 Å². The molecule has 2 aromatic rings. The van der Waals surface area contributed by atoms with E-state index in [1.54, 1.807) is 0 Å². The zero-order valence-electron chi connectivity index (χ0n) is 18.3. The number of methoxy groups -OCH3 is 2. The maximum Gasteiger partial charge on any atom is 0.419 e. The van der Waals surface area contributed by atoms with E-state index in [1.807, 2.05) is 0 Å². The van der Waals surface area contributed by atoms with Crippen LogP contribution in [0.5, 0.6) is 23.0 Å². The van der Waals surface area contributed by atoms with Crippen molar-refractivity contribution in [3.63, 3.8) is 0 Å². The van der Waals surface area contributed by atoms with Gasteiger partial charge in [-0.25, -0.2) is 18.5 Å². The maximum atomic E-state index is 14.6. The fourth-order valence-electron chi connectivity index (χ4n) is 3.47. The summed E-state index contributed by atoms with van der Waals surface area (Å²) in [4.78, 5) is 17.1. The molecule has 0 aromatic heterocycles. The molecule has 13 heteroatoms. The SMILES string of the molecule is COc1c(Oc2cc(C(F)(F)F)c(F)cc2-c2nc3ccn(O)cc-3c(=O)c2OC)ccc(F)c1F. The molecule has 1 N–H and O–H groups in total. The van der Waals surface area contributed by atoms with Crippen molar-refractivity contribution in [1.82, 2.24) is 9.71 Å². The third kappa shape index (κ3) is 4.23. The van der Waals surface area contributed by atoms with Gasteiger partial charge in [0.25, 0.3) is 0 Å². The molecule has 0 saturated heterocycles. The Balaban J connectivity index is 2.04. The number of benzene rings is 2. The Hall–Kier alpha value is -4.42. The van der Waals surface area contributed by atoms with E-state index in [2.05, 4.69) is 4.98 Å². The van der Waals surface area contributed by atoms with Gasteiger partial charge in [-0.1, -0.05) is 0 Å². The summed E-state index contributed by atoms with van der Waals surface area (Å²) in [5, 5.41) is 9.61. The smallest absolute Gasteiger partial charge is 0.419 e. The van der Waals surface area contributed by atoms with Gasteiger partial charge in [0.05, 0.1) is 37.2 Å². The van der Waals surface area contributed by atoms with Crippen LogP contribution in [0.3, 0.4) is 0 Å². The summed E-state index contributed by atoms with van der Waals surface area (Å²) < 4.78 is 98.8. The number of nitrogens with zero attached hydrogens (tertiary/aromatic N) is 2. The number of pyridine rings is 2. The Morgan fingerprint density at radius 3 is 2.25 bits per heavy atom. The lowest BCUT2D eigenvalue weighted by atomic mass is 10.0. The lowest BCUT2D eigenvalue weighted by molar-refractivity contribution is -0.140. The Labute approximate surface area is 198 Å². The highest BCUT2D eigenvalue weighted by Crippen LogP contribution is 2.44. The number of alkyl halides is 3. The first-order chi connectivity index (χ1) is 17.0. The number of fused-ring (bicyclic) bond motifs is 1. The van der Waals surface area contributed by atoms with Crippen LogP contribution in [0.15, 0.2) is 47.5 Å². The summed E-state index contributed by atoms with van der Waals surface area (Å²) >= 11 is 0. The van der Waals surface area contributed by atoms with E-state index in [9.17, 15) is 36.3 Å². The molecule has 0 bridgehead atoms. The quantitative estimate of drug-likeness (QED) is 0.281. The molecular weight excluding hydrogens is 498 g/mol. The zero-order chi connectivity index (χ0) is 26.4. The van der Waals surface area contributed by atoms with E-state index in [4.69, 9.17) is 14.2 Å². The summed E-state index contributed by atoms with van der Waals surface area (Å²) in [6.45, 7) is 0. The predicted octanol–water partition coefficient (Wildman–Crippen LogP) is 5.50. The minimum absolute atomic E-state index is 0.0160. The molecule has 0 atom stereocenters. The molecular formula is C23H14F6N2O5. The summed E-state index contributed by atoms with van der Waals surface area (Å²) in [7, 11) is 2.05. The van der Waals surface area contributed by atoms with E-state index in [-0.39, 0.29) is 17.3 Å². The zero-order valence-corrected chi connectivity index (χ0v) is 18.3. The van der Waals surface area contributed by atoms with Crippen molar-refractivity contribution < 1.29 is 45.8 Å². The lowest BCUT2D eigenvalue weighted by Crippen LogP contribution is -2.15. The van der Waals surface area contributed by atoms with Crippen molar-refractivity contribution in [3.8, 4) is 45.5 Å². The van der Waals surface area contributed by atoms with Gasteiger partial charge in [0.1, 0.15) is 17.3 Å². The summed E-state index contributed by atoms with van der Waals surface area (Å²) in [5.41, 5.74) is -3.56. The first kappa shape index (κ1) is 24.7. The molecule has 2 aromatic carbocycles. The second-order valence-corrected chi connectivity index (χ2v) is 7.27. The minimum Gasteiger partial charge on any atom is -0.491 e. The molecule has 7 nitrogen and oxygen atoms in total. The van der Waals surface area contributed by atoms with E-state index >= 15 is 0 Å². The average molecular weight is 512 g/mol. The Kier molecular flexibility index (Phi) is 6.16.